The SMILES string of the molecule is CCc1ccc([C@@H](NC(=O)Cc2ccc(N3CCCC3=O)cc2)C(C)C)cc1. The molecule has 0 bridgehead atoms. The van der Waals surface area contributed by atoms with Crippen molar-refractivity contribution in [2.45, 2.75) is 52.5 Å². The quantitative estimate of drug-likeness (QED) is 0.775. The van der Waals surface area contributed by atoms with Crippen LogP contribution in [-0.2, 0) is 22.4 Å². The number of nitrogens with one attached hydrogen (secondary N) is 1. The number of nitrogens with zero attached hydrogens (tertiary/aromatic N) is 1. The number of carbonyl (C=O) groups is 2. The van der Waals surface area contributed by atoms with Gasteiger partial charge in [-0.05, 0) is 47.6 Å². The van der Waals surface area contributed by atoms with Crippen LogP contribution in [0.15, 0.2) is 48.5 Å². The minimum atomic E-state index is -0.0000919. The van der Waals surface area contributed by atoms with E-state index in [-0.39, 0.29) is 17.9 Å². The van der Waals surface area contributed by atoms with Crippen LogP contribution in [0.2, 0.25) is 0 Å². The van der Waals surface area contributed by atoms with Gasteiger partial charge in [-0.15, -0.1) is 0 Å². The van der Waals surface area contributed by atoms with Gasteiger partial charge in [0.15, 0.2) is 0 Å². The molecule has 1 aliphatic heterocycles. The molecule has 3 rings (SSSR count). The van der Waals surface area contributed by atoms with Crippen LogP contribution in [0, 0.1) is 5.92 Å². The lowest BCUT2D eigenvalue weighted by molar-refractivity contribution is -0.121. The van der Waals surface area contributed by atoms with E-state index in [1.807, 2.05) is 29.2 Å². The van der Waals surface area contributed by atoms with Gasteiger partial charge in [-0.2, -0.15) is 0 Å². The third kappa shape index (κ3) is 4.80. The molecule has 1 saturated heterocycles. The minimum absolute atomic E-state index is 0.0000919. The highest BCUT2D eigenvalue weighted by Gasteiger charge is 2.22. The lowest BCUT2D eigenvalue weighted by Crippen LogP contribution is -2.32. The second-order valence-electron chi connectivity index (χ2n) is 7.88. The fraction of sp³-hybridized carbons (Fsp3) is 0.417. The zero-order valence-electron chi connectivity index (χ0n) is 17.1. The molecule has 28 heavy (non-hydrogen) atoms. The molecule has 2 aromatic rings. The fourth-order valence-electron chi connectivity index (χ4n) is 3.72. The van der Waals surface area contributed by atoms with Crippen molar-refractivity contribution in [1.29, 1.82) is 0 Å². The number of aryl methyl sites for hydroxylation is 1. The predicted octanol–water partition coefficient (Wildman–Crippen LogP) is 4.43. The van der Waals surface area contributed by atoms with Crippen molar-refractivity contribution < 1.29 is 9.59 Å². The topological polar surface area (TPSA) is 49.4 Å². The molecule has 1 heterocycles. The second-order valence-corrected chi connectivity index (χ2v) is 7.88. The molecular formula is C24H30N2O2. The first-order valence-electron chi connectivity index (χ1n) is 10.3. The number of hydrogen-bond acceptors (Lipinski definition) is 2. The Morgan fingerprint density at radius 1 is 1.04 bits per heavy atom. The van der Waals surface area contributed by atoms with E-state index in [9.17, 15) is 9.59 Å². The summed E-state index contributed by atoms with van der Waals surface area (Å²) in [6, 6.07) is 16.3. The van der Waals surface area contributed by atoms with E-state index >= 15 is 0 Å². The zero-order valence-corrected chi connectivity index (χ0v) is 17.1. The molecule has 1 N–H and O–H groups in total. The number of amides is 2. The summed E-state index contributed by atoms with van der Waals surface area (Å²) in [6.07, 6.45) is 2.89. The Morgan fingerprint density at radius 2 is 1.68 bits per heavy atom. The number of carbonyl (C=O) groups excluding carboxylic acids is 2. The first-order valence-corrected chi connectivity index (χ1v) is 10.3. The van der Waals surface area contributed by atoms with Crippen LogP contribution in [0.4, 0.5) is 5.69 Å². The van der Waals surface area contributed by atoms with Gasteiger partial charge in [0.25, 0.3) is 0 Å². The average molecular weight is 379 g/mol. The molecule has 2 aromatic carbocycles. The van der Waals surface area contributed by atoms with E-state index < -0.39 is 0 Å². The number of rotatable bonds is 7. The largest absolute Gasteiger partial charge is 0.349 e. The standard InChI is InChI=1S/C24H30N2O2/c1-4-18-7-11-20(12-8-18)24(17(2)3)25-22(27)16-19-9-13-21(14-10-19)26-15-5-6-23(26)28/h7-14,17,24H,4-6,15-16H2,1-3H3,(H,25,27)/t24-/m0/s1. The third-order valence-electron chi connectivity index (χ3n) is 5.42. The van der Waals surface area contributed by atoms with Crippen LogP contribution in [0.25, 0.3) is 0 Å². The van der Waals surface area contributed by atoms with Crippen molar-refractivity contribution in [3.63, 3.8) is 0 Å². The maximum Gasteiger partial charge on any atom is 0.227 e. The molecule has 0 spiro atoms. The second kappa shape index (κ2) is 9.05. The first kappa shape index (κ1) is 20.1. The maximum atomic E-state index is 12.6. The molecule has 1 fully saturated rings. The Hall–Kier alpha value is -2.62. The highest BCUT2D eigenvalue weighted by Crippen LogP contribution is 2.24. The Morgan fingerprint density at radius 3 is 2.21 bits per heavy atom. The summed E-state index contributed by atoms with van der Waals surface area (Å²) >= 11 is 0. The van der Waals surface area contributed by atoms with Gasteiger partial charge in [0.2, 0.25) is 11.8 Å². The molecule has 0 unspecified atom stereocenters. The van der Waals surface area contributed by atoms with Crippen LogP contribution in [0.3, 0.4) is 0 Å². The summed E-state index contributed by atoms with van der Waals surface area (Å²) in [5, 5.41) is 3.19. The van der Waals surface area contributed by atoms with Gasteiger partial charge < -0.3 is 10.2 Å². The highest BCUT2D eigenvalue weighted by molar-refractivity contribution is 5.95. The van der Waals surface area contributed by atoms with E-state index in [0.717, 1.165) is 36.2 Å². The molecule has 0 saturated carbocycles. The van der Waals surface area contributed by atoms with Crippen LogP contribution < -0.4 is 10.2 Å². The lowest BCUT2D eigenvalue weighted by Gasteiger charge is -2.23. The van der Waals surface area contributed by atoms with Gasteiger partial charge in [-0.25, -0.2) is 0 Å². The Bertz CT molecular complexity index is 810. The molecule has 2 amide bonds. The first-order chi connectivity index (χ1) is 13.5. The molecule has 4 nitrogen and oxygen atoms in total. The van der Waals surface area contributed by atoms with Crippen molar-refractivity contribution in [2.24, 2.45) is 5.92 Å². The Balaban J connectivity index is 1.63. The summed E-state index contributed by atoms with van der Waals surface area (Å²) in [7, 11) is 0. The molecule has 1 atom stereocenters. The van der Waals surface area contributed by atoms with Crippen molar-refractivity contribution in [3.8, 4) is 0 Å². The number of hydrogen-bond donors (Lipinski definition) is 1. The van der Waals surface area contributed by atoms with E-state index in [1.165, 1.54) is 5.56 Å². The van der Waals surface area contributed by atoms with E-state index in [4.69, 9.17) is 0 Å². The van der Waals surface area contributed by atoms with Crippen molar-refractivity contribution in [3.05, 3.63) is 65.2 Å². The molecule has 0 aromatic heterocycles. The molecule has 4 heteroatoms. The van der Waals surface area contributed by atoms with Crippen molar-refractivity contribution in [2.75, 3.05) is 11.4 Å². The Kier molecular flexibility index (Phi) is 6.50. The third-order valence-corrected chi connectivity index (χ3v) is 5.42. The summed E-state index contributed by atoms with van der Waals surface area (Å²) in [5.41, 5.74) is 4.32. The number of anilines is 1. The van der Waals surface area contributed by atoms with E-state index in [1.54, 1.807) is 0 Å². The van der Waals surface area contributed by atoms with Crippen molar-refractivity contribution in [1.82, 2.24) is 5.32 Å². The van der Waals surface area contributed by atoms with E-state index in [0.29, 0.717) is 18.8 Å². The monoisotopic (exact) mass is 378 g/mol. The van der Waals surface area contributed by atoms with Gasteiger partial charge in [0.1, 0.15) is 0 Å². The smallest absolute Gasteiger partial charge is 0.227 e. The minimum Gasteiger partial charge on any atom is -0.349 e. The Labute approximate surface area is 167 Å². The van der Waals surface area contributed by atoms with Crippen molar-refractivity contribution >= 4 is 17.5 Å². The van der Waals surface area contributed by atoms with Crippen LogP contribution >= 0.6 is 0 Å². The highest BCUT2D eigenvalue weighted by atomic mass is 16.2. The lowest BCUT2D eigenvalue weighted by atomic mass is 9.94. The van der Waals surface area contributed by atoms with Gasteiger partial charge in [-0.1, -0.05) is 57.2 Å². The van der Waals surface area contributed by atoms with Gasteiger partial charge in [0, 0.05) is 18.7 Å². The molecule has 148 valence electrons. The van der Waals surface area contributed by atoms with Gasteiger partial charge in [0.05, 0.1) is 12.5 Å². The summed E-state index contributed by atoms with van der Waals surface area (Å²) in [6.45, 7) is 7.17. The normalized spacial score (nSPS) is 15.1. The molecular weight excluding hydrogens is 348 g/mol. The van der Waals surface area contributed by atoms with Gasteiger partial charge >= 0.3 is 0 Å². The number of benzene rings is 2. The summed E-state index contributed by atoms with van der Waals surface area (Å²) < 4.78 is 0. The molecule has 1 aliphatic rings. The van der Waals surface area contributed by atoms with Gasteiger partial charge in [-0.3, -0.25) is 9.59 Å². The molecule has 0 aliphatic carbocycles. The van der Waals surface area contributed by atoms with E-state index in [2.05, 4.69) is 50.4 Å². The van der Waals surface area contributed by atoms with Crippen LogP contribution in [0.5, 0.6) is 0 Å². The summed E-state index contributed by atoms with van der Waals surface area (Å²) in [4.78, 5) is 26.3. The predicted molar refractivity (Wildman–Crippen MR) is 113 cm³/mol. The average Bonchev–Trinajstić information content (AvgIpc) is 3.12. The maximum absolute atomic E-state index is 12.6. The molecule has 0 radical (unpaired) electrons. The van der Waals surface area contributed by atoms with Crippen LogP contribution in [-0.4, -0.2) is 18.4 Å². The fourth-order valence-corrected chi connectivity index (χ4v) is 3.72. The summed E-state index contributed by atoms with van der Waals surface area (Å²) in [5.74, 6) is 0.502. The zero-order chi connectivity index (χ0) is 20.1. The van der Waals surface area contributed by atoms with Crippen LogP contribution in [0.1, 0.15) is 56.3 Å².